The first-order valence-corrected chi connectivity index (χ1v) is 7.20. The van der Waals surface area contributed by atoms with Crippen molar-refractivity contribution in [2.45, 2.75) is 31.4 Å². The van der Waals surface area contributed by atoms with Gasteiger partial charge in [-0.25, -0.2) is 4.98 Å². The minimum Gasteiger partial charge on any atom is -0.467 e. The topological polar surface area (TPSA) is 52.2 Å². The number of aromatic nitrogens is 2. The predicted molar refractivity (Wildman–Crippen MR) is 75.4 cm³/mol. The molecular weight excluding hydrogens is 254 g/mol. The van der Waals surface area contributed by atoms with Crippen molar-refractivity contribution in [3.63, 3.8) is 0 Å². The SMILES string of the molecule is Cn1ccnc1C(NCC1CCCCO1)c1ccco1. The summed E-state index contributed by atoms with van der Waals surface area (Å²) in [6, 6.07) is 3.86. The highest BCUT2D eigenvalue weighted by atomic mass is 16.5. The summed E-state index contributed by atoms with van der Waals surface area (Å²) in [6.07, 6.45) is 9.30. The normalized spacial score (nSPS) is 20.9. The van der Waals surface area contributed by atoms with Gasteiger partial charge in [0.25, 0.3) is 0 Å². The lowest BCUT2D eigenvalue weighted by atomic mass is 10.1. The monoisotopic (exact) mass is 275 g/mol. The Bertz CT molecular complexity index is 515. The minimum absolute atomic E-state index is 0.0319. The number of nitrogens with one attached hydrogen (secondary N) is 1. The molecule has 0 bridgehead atoms. The summed E-state index contributed by atoms with van der Waals surface area (Å²) >= 11 is 0. The number of rotatable bonds is 5. The molecule has 0 spiro atoms. The average molecular weight is 275 g/mol. The highest BCUT2D eigenvalue weighted by Crippen LogP contribution is 2.21. The number of furan rings is 1. The van der Waals surface area contributed by atoms with E-state index in [0.29, 0.717) is 6.10 Å². The molecule has 0 aliphatic carbocycles. The van der Waals surface area contributed by atoms with Gasteiger partial charge in [0, 0.05) is 32.6 Å². The van der Waals surface area contributed by atoms with Crippen molar-refractivity contribution in [2.24, 2.45) is 7.05 Å². The Morgan fingerprint density at radius 3 is 3.10 bits per heavy atom. The van der Waals surface area contributed by atoms with Crippen LogP contribution in [-0.4, -0.2) is 28.8 Å². The first kappa shape index (κ1) is 13.4. The molecule has 1 N–H and O–H groups in total. The van der Waals surface area contributed by atoms with E-state index in [1.807, 2.05) is 36.1 Å². The van der Waals surface area contributed by atoms with Crippen molar-refractivity contribution in [1.29, 1.82) is 0 Å². The third-order valence-corrected chi connectivity index (χ3v) is 3.77. The zero-order valence-electron chi connectivity index (χ0n) is 11.8. The maximum Gasteiger partial charge on any atom is 0.133 e. The number of ether oxygens (including phenoxy) is 1. The van der Waals surface area contributed by atoms with E-state index in [4.69, 9.17) is 9.15 Å². The van der Waals surface area contributed by atoms with Crippen LogP contribution in [0, 0.1) is 0 Å². The van der Waals surface area contributed by atoms with Crippen LogP contribution in [0.1, 0.15) is 36.9 Å². The second kappa shape index (κ2) is 6.24. The molecule has 0 aromatic carbocycles. The van der Waals surface area contributed by atoms with Gasteiger partial charge in [-0.3, -0.25) is 5.32 Å². The first-order chi connectivity index (χ1) is 9.84. The Kier molecular flexibility index (Phi) is 4.18. The fourth-order valence-corrected chi connectivity index (χ4v) is 2.65. The van der Waals surface area contributed by atoms with E-state index >= 15 is 0 Å². The van der Waals surface area contributed by atoms with E-state index in [1.165, 1.54) is 12.8 Å². The van der Waals surface area contributed by atoms with Crippen molar-refractivity contribution >= 4 is 0 Å². The average Bonchev–Trinajstić information content (AvgIpc) is 3.13. The summed E-state index contributed by atoms with van der Waals surface area (Å²) in [7, 11) is 2.00. The summed E-state index contributed by atoms with van der Waals surface area (Å²) in [5.74, 6) is 1.84. The molecular formula is C15H21N3O2. The molecule has 20 heavy (non-hydrogen) atoms. The van der Waals surface area contributed by atoms with Crippen LogP contribution in [0.2, 0.25) is 0 Å². The Morgan fingerprint density at radius 2 is 2.45 bits per heavy atom. The molecule has 0 amide bonds. The zero-order valence-corrected chi connectivity index (χ0v) is 11.8. The van der Waals surface area contributed by atoms with Crippen LogP contribution >= 0.6 is 0 Å². The third-order valence-electron chi connectivity index (χ3n) is 3.77. The zero-order chi connectivity index (χ0) is 13.8. The molecule has 5 heteroatoms. The van der Waals surface area contributed by atoms with Crippen molar-refractivity contribution in [2.75, 3.05) is 13.2 Å². The maximum atomic E-state index is 5.77. The largest absolute Gasteiger partial charge is 0.467 e. The van der Waals surface area contributed by atoms with Crippen LogP contribution in [0.3, 0.4) is 0 Å². The molecule has 3 rings (SSSR count). The summed E-state index contributed by atoms with van der Waals surface area (Å²) < 4.78 is 13.3. The van der Waals surface area contributed by atoms with Gasteiger partial charge in [0.1, 0.15) is 17.6 Å². The van der Waals surface area contributed by atoms with Crippen LogP contribution in [0.25, 0.3) is 0 Å². The number of aryl methyl sites for hydroxylation is 1. The van der Waals surface area contributed by atoms with E-state index < -0.39 is 0 Å². The lowest BCUT2D eigenvalue weighted by Gasteiger charge is -2.25. The Morgan fingerprint density at radius 1 is 1.50 bits per heavy atom. The van der Waals surface area contributed by atoms with Gasteiger partial charge in [-0.05, 0) is 31.4 Å². The molecule has 108 valence electrons. The molecule has 3 heterocycles. The van der Waals surface area contributed by atoms with Gasteiger partial charge in [-0.2, -0.15) is 0 Å². The molecule has 0 radical (unpaired) electrons. The van der Waals surface area contributed by atoms with Gasteiger partial charge in [-0.15, -0.1) is 0 Å². The molecule has 2 unspecified atom stereocenters. The summed E-state index contributed by atoms with van der Waals surface area (Å²) in [4.78, 5) is 4.44. The van der Waals surface area contributed by atoms with Gasteiger partial charge in [0.2, 0.25) is 0 Å². The van der Waals surface area contributed by atoms with E-state index in [-0.39, 0.29) is 6.04 Å². The molecule has 0 saturated carbocycles. The van der Waals surface area contributed by atoms with Gasteiger partial charge in [0.05, 0.1) is 12.4 Å². The lowest BCUT2D eigenvalue weighted by molar-refractivity contribution is 0.0155. The summed E-state index contributed by atoms with van der Waals surface area (Å²) in [5.41, 5.74) is 0. The third kappa shape index (κ3) is 2.94. The molecule has 2 atom stereocenters. The second-order valence-corrected chi connectivity index (χ2v) is 5.24. The fourth-order valence-electron chi connectivity index (χ4n) is 2.65. The van der Waals surface area contributed by atoms with E-state index in [0.717, 1.165) is 31.2 Å². The smallest absolute Gasteiger partial charge is 0.133 e. The predicted octanol–water partition coefficient (Wildman–Crippen LogP) is 2.26. The maximum absolute atomic E-state index is 5.77. The summed E-state index contributed by atoms with van der Waals surface area (Å²) in [5, 5.41) is 3.53. The molecule has 1 aliphatic heterocycles. The molecule has 5 nitrogen and oxygen atoms in total. The molecule has 1 saturated heterocycles. The molecule has 2 aromatic rings. The van der Waals surface area contributed by atoms with Crippen LogP contribution in [0.5, 0.6) is 0 Å². The second-order valence-electron chi connectivity index (χ2n) is 5.24. The van der Waals surface area contributed by atoms with Crippen LogP contribution in [0.15, 0.2) is 35.2 Å². The number of imidazole rings is 1. The molecule has 1 fully saturated rings. The van der Waals surface area contributed by atoms with Gasteiger partial charge in [-0.1, -0.05) is 0 Å². The quantitative estimate of drug-likeness (QED) is 0.909. The highest BCUT2D eigenvalue weighted by Gasteiger charge is 2.23. The first-order valence-electron chi connectivity index (χ1n) is 7.20. The highest BCUT2D eigenvalue weighted by molar-refractivity contribution is 5.15. The van der Waals surface area contributed by atoms with Gasteiger partial charge in [0.15, 0.2) is 0 Å². The van der Waals surface area contributed by atoms with Crippen LogP contribution in [-0.2, 0) is 11.8 Å². The number of hydrogen-bond acceptors (Lipinski definition) is 4. The number of nitrogens with zero attached hydrogens (tertiary/aromatic N) is 2. The van der Waals surface area contributed by atoms with E-state index in [9.17, 15) is 0 Å². The Balaban J connectivity index is 1.71. The van der Waals surface area contributed by atoms with Crippen LogP contribution in [0.4, 0.5) is 0 Å². The molecule has 2 aromatic heterocycles. The Labute approximate surface area is 118 Å². The summed E-state index contributed by atoms with van der Waals surface area (Å²) in [6.45, 7) is 1.69. The van der Waals surface area contributed by atoms with E-state index in [1.54, 1.807) is 6.26 Å². The standard InChI is InChI=1S/C15H21N3O2/c1-18-8-7-16-15(18)14(13-6-4-10-20-13)17-11-12-5-2-3-9-19-12/h4,6-8,10,12,14,17H,2-3,5,9,11H2,1H3. The lowest BCUT2D eigenvalue weighted by Crippen LogP contribution is -2.35. The minimum atomic E-state index is -0.0319. The van der Waals surface area contributed by atoms with Crippen molar-refractivity contribution in [3.05, 3.63) is 42.4 Å². The fraction of sp³-hybridized carbons (Fsp3) is 0.533. The molecule has 1 aliphatic rings. The Hall–Kier alpha value is -1.59. The number of hydrogen-bond donors (Lipinski definition) is 1. The van der Waals surface area contributed by atoms with Crippen molar-refractivity contribution < 1.29 is 9.15 Å². The van der Waals surface area contributed by atoms with E-state index in [2.05, 4.69) is 10.3 Å². The van der Waals surface area contributed by atoms with Crippen LogP contribution < -0.4 is 5.32 Å². The van der Waals surface area contributed by atoms with Crippen molar-refractivity contribution in [1.82, 2.24) is 14.9 Å². The van der Waals surface area contributed by atoms with Gasteiger partial charge < -0.3 is 13.7 Å². The van der Waals surface area contributed by atoms with Crippen molar-refractivity contribution in [3.8, 4) is 0 Å². The van der Waals surface area contributed by atoms with Gasteiger partial charge >= 0.3 is 0 Å².